The van der Waals surface area contributed by atoms with Crippen LogP contribution in [-0.4, -0.2) is 24.5 Å². The Morgan fingerprint density at radius 1 is 0.720 bits per heavy atom. The van der Waals surface area contributed by atoms with Gasteiger partial charge in [-0.15, -0.1) is 11.5 Å². The van der Waals surface area contributed by atoms with Crippen molar-refractivity contribution in [3.63, 3.8) is 0 Å². The molecule has 1 saturated carbocycles. The van der Waals surface area contributed by atoms with Crippen molar-refractivity contribution in [1.82, 2.24) is 0 Å². The van der Waals surface area contributed by atoms with E-state index < -0.39 is 0 Å². The summed E-state index contributed by atoms with van der Waals surface area (Å²) in [6, 6.07) is 13.9. The molecule has 0 heterocycles. The molecule has 4 nitrogen and oxygen atoms in total. The number of aliphatic imine (C=N–C) groups is 2. The maximum absolute atomic E-state index is 11.8. The maximum atomic E-state index is 11.8. The van der Waals surface area contributed by atoms with Crippen LogP contribution in [0.3, 0.4) is 0 Å². The summed E-state index contributed by atoms with van der Waals surface area (Å²) in [4.78, 5) is 9.23. The summed E-state index contributed by atoms with van der Waals surface area (Å²) in [5.74, 6) is -0.0326. The van der Waals surface area contributed by atoms with E-state index in [9.17, 15) is 10.2 Å². The minimum absolute atomic E-state index is 0. The molecule has 0 aromatic heterocycles. The first-order valence-corrected chi connectivity index (χ1v) is 8.32. The van der Waals surface area contributed by atoms with Crippen molar-refractivity contribution in [3.05, 3.63) is 59.7 Å². The standard InChI is InChI=1S/C20H22N2O2.Cu/c23-19-11-5-1-7-15(19)13-21-17-9-3-4-10-18(17)22-14-16-8-2-6-12-20(16)24;/h1-2,5-8,11-14,17-18,23-24H,3-4,9-10H2;/q;+2/p-2. The summed E-state index contributed by atoms with van der Waals surface area (Å²) in [5.41, 5.74) is 1.21. The summed E-state index contributed by atoms with van der Waals surface area (Å²) in [5, 5.41) is 23.5. The number of rotatable bonds is 4. The molecule has 133 valence electrons. The van der Waals surface area contributed by atoms with E-state index in [4.69, 9.17) is 0 Å². The molecule has 1 aliphatic rings. The topological polar surface area (TPSA) is 70.8 Å². The molecule has 2 unspecified atom stereocenters. The fourth-order valence-corrected chi connectivity index (χ4v) is 2.97. The predicted octanol–water partition coefficient (Wildman–Crippen LogP) is 2.68. The summed E-state index contributed by atoms with van der Waals surface area (Å²) >= 11 is 0. The Bertz CT molecular complexity index is 682. The molecule has 25 heavy (non-hydrogen) atoms. The van der Waals surface area contributed by atoms with Crippen molar-refractivity contribution in [2.75, 3.05) is 0 Å². The van der Waals surface area contributed by atoms with Gasteiger partial charge in [0.2, 0.25) is 0 Å². The van der Waals surface area contributed by atoms with Gasteiger partial charge in [-0.3, -0.25) is 9.98 Å². The first-order valence-electron chi connectivity index (χ1n) is 8.32. The summed E-state index contributed by atoms with van der Waals surface area (Å²) in [6.45, 7) is 0. The van der Waals surface area contributed by atoms with Gasteiger partial charge in [-0.05, 0) is 24.0 Å². The van der Waals surface area contributed by atoms with Gasteiger partial charge in [-0.2, -0.15) is 0 Å². The van der Waals surface area contributed by atoms with Crippen LogP contribution in [0, 0.1) is 0 Å². The van der Waals surface area contributed by atoms with Crippen LogP contribution in [0.2, 0.25) is 0 Å². The van der Waals surface area contributed by atoms with E-state index in [0.29, 0.717) is 11.1 Å². The molecule has 0 bridgehead atoms. The Morgan fingerprint density at radius 2 is 1.12 bits per heavy atom. The molecule has 2 atom stereocenters. The molecular formula is C20H20CuN2O2. The molecule has 0 aliphatic heterocycles. The third-order valence-electron chi connectivity index (χ3n) is 4.34. The van der Waals surface area contributed by atoms with Crippen LogP contribution < -0.4 is 10.2 Å². The second kappa shape index (κ2) is 9.40. The van der Waals surface area contributed by atoms with Crippen LogP contribution in [0.1, 0.15) is 36.8 Å². The van der Waals surface area contributed by atoms with Crippen LogP contribution in [0.5, 0.6) is 11.5 Å². The average Bonchev–Trinajstić information content (AvgIpc) is 2.61. The third-order valence-corrected chi connectivity index (χ3v) is 4.34. The molecule has 2 aromatic carbocycles. The Balaban J connectivity index is 0.00000225. The quantitative estimate of drug-likeness (QED) is 0.601. The molecule has 0 amide bonds. The van der Waals surface area contributed by atoms with Gasteiger partial charge in [0.1, 0.15) is 0 Å². The van der Waals surface area contributed by atoms with Crippen LogP contribution in [0.4, 0.5) is 0 Å². The number of nitrogens with zero attached hydrogens (tertiary/aromatic N) is 2. The zero-order chi connectivity index (χ0) is 16.8. The van der Waals surface area contributed by atoms with Crippen LogP contribution in [0.15, 0.2) is 58.5 Å². The molecule has 3 rings (SSSR count). The van der Waals surface area contributed by atoms with Gasteiger partial charge < -0.3 is 10.2 Å². The SMILES string of the molecule is [Cu+2].[O-]c1ccccc1C=NC1CCCCC1N=Cc1ccccc1[O-]. The number of hydrogen-bond donors (Lipinski definition) is 0. The fourth-order valence-electron chi connectivity index (χ4n) is 2.97. The number of hydrogen-bond acceptors (Lipinski definition) is 4. The Labute approximate surface area is 158 Å². The van der Waals surface area contributed by atoms with Crippen molar-refractivity contribution in [2.45, 2.75) is 37.8 Å². The predicted molar refractivity (Wildman–Crippen MR) is 93.0 cm³/mol. The largest absolute Gasteiger partial charge is 2.00 e. The monoisotopic (exact) mass is 383 g/mol. The molecule has 5 heteroatoms. The smallest absolute Gasteiger partial charge is 0.872 e. The van der Waals surface area contributed by atoms with E-state index >= 15 is 0 Å². The second-order valence-electron chi connectivity index (χ2n) is 6.05. The number of benzene rings is 2. The zero-order valence-electron chi connectivity index (χ0n) is 13.8. The van der Waals surface area contributed by atoms with Crippen molar-refractivity contribution in [3.8, 4) is 11.5 Å². The molecule has 1 fully saturated rings. The first kappa shape index (κ1) is 19.2. The summed E-state index contributed by atoms with van der Waals surface area (Å²) in [6.07, 6.45) is 7.48. The molecule has 0 N–H and O–H groups in total. The van der Waals surface area contributed by atoms with E-state index in [1.165, 1.54) is 0 Å². The van der Waals surface area contributed by atoms with E-state index in [0.717, 1.165) is 25.7 Å². The first-order chi connectivity index (χ1) is 11.7. The summed E-state index contributed by atoms with van der Waals surface area (Å²) in [7, 11) is 0. The van der Waals surface area contributed by atoms with Gasteiger partial charge in [0.25, 0.3) is 0 Å². The van der Waals surface area contributed by atoms with Gasteiger partial charge in [0.15, 0.2) is 0 Å². The van der Waals surface area contributed by atoms with Gasteiger partial charge in [-0.25, -0.2) is 0 Å². The minimum Gasteiger partial charge on any atom is -0.872 e. The molecule has 0 saturated heterocycles. The average molecular weight is 384 g/mol. The van der Waals surface area contributed by atoms with Crippen LogP contribution in [-0.2, 0) is 17.1 Å². The second-order valence-corrected chi connectivity index (χ2v) is 6.05. The summed E-state index contributed by atoms with van der Waals surface area (Å²) < 4.78 is 0. The van der Waals surface area contributed by atoms with Gasteiger partial charge >= 0.3 is 17.1 Å². The van der Waals surface area contributed by atoms with Crippen LogP contribution >= 0.6 is 0 Å². The van der Waals surface area contributed by atoms with E-state index in [1.807, 2.05) is 12.1 Å². The van der Waals surface area contributed by atoms with Crippen LogP contribution in [0.25, 0.3) is 0 Å². The molecular weight excluding hydrogens is 364 g/mol. The molecule has 1 radical (unpaired) electrons. The third kappa shape index (κ3) is 5.18. The minimum atomic E-state index is -0.0163. The van der Waals surface area contributed by atoms with E-state index in [-0.39, 0.29) is 40.7 Å². The van der Waals surface area contributed by atoms with Crippen molar-refractivity contribution >= 4 is 12.4 Å². The van der Waals surface area contributed by atoms with Gasteiger partial charge in [-0.1, -0.05) is 61.4 Å². The van der Waals surface area contributed by atoms with Crippen molar-refractivity contribution in [2.24, 2.45) is 9.98 Å². The normalized spacial score (nSPS) is 20.6. The Hall–Kier alpha value is -2.10. The maximum Gasteiger partial charge on any atom is 2.00 e. The molecule has 1 aliphatic carbocycles. The Kier molecular flexibility index (Phi) is 7.23. The molecule has 0 spiro atoms. The fraction of sp³-hybridized carbons (Fsp3) is 0.300. The van der Waals surface area contributed by atoms with Gasteiger partial charge in [0.05, 0.1) is 12.1 Å². The zero-order valence-corrected chi connectivity index (χ0v) is 14.7. The number of para-hydroxylation sites is 2. The van der Waals surface area contributed by atoms with Crippen molar-refractivity contribution < 1.29 is 27.3 Å². The van der Waals surface area contributed by atoms with E-state index in [1.54, 1.807) is 48.8 Å². The molecule has 2 aromatic rings. The van der Waals surface area contributed by atoms with Gasteiger partial charge in [0, 0.05) is 12.4 Å². The van der Waals surface area contributed by atoms with Crippen molar-refractivity contribution in [1.29, 1.82) is 0 Å². The van der Waals surface area contributed by atoms with E-state index in [2.05, 4.69) is 9.98 Å². The Morgan fingerprint density at radius 3 is 1.52 bits per heavy atom.